The van der Waals surface area contributed by atoms with Gasteiger partial charge in [0.2, 0.25) is 0 Å². The molecule has 5 nitrogen and oxygen atoms in total. The van der Waals surface area contributed by atoms with Gasteiger partial charge in [0.05, 0.1) is 23.7 Å². The van der Waals surface area contributed by atoms with Crippen LogP contribution in [0, 0.1) is 0 Å². The van der Waals surface area contributed by atoms with Gasteiger partial charge in [0.25, 0.3) is 0 Å². The molecule has 0 aliphatic carbocycles. The minimum Gasteiger partial charge on any atom is -0.394 e. The van der Waals surface area contributed by atoms with E-state index in [-0.39, 0.29) is 11.7 Å². The second-order valence-corrected chi connectivity index (χ2v) is 6.21. The number of rotatable bonds is 5. The number of imidazole rings is 1. The summed E-state index contributed by atoms with van der Waals surface area (Å²) in [5, 5.41) is 20.0. The molecule has 1 aromatic heterocycles. The molecule has 0 amide bonds. The summed E-state index contributed by atoms with van der Waals surface area (Å²) in [5.74, 6) is 0. The Morgan fingerprint density at radius 1 is 0.917 bits per heavy atom. The SMILES string of the molecule is CC(C)n1c(=O)n([C@@H](c2ccccc2)[C@H](O)CO)c2ccccc21. The third kappa shape index (κ3) is 2.66. The first-order valence-corrected chi connectivity index (χ1v) is 8.11. The topological polar surface area (TPSA) is 67.4 Å². The second kappa shape index (κ2) is 6.63. The Morgan fingerprint density at radius 2 is 1.46 bits per heavy atom. The Morgan fingerprint density at radius 3 is 2.00 bits per heavy atom. The maximum Gasteiger partial charge on any atom is 0.330 e. The number of hydrogen-bond acceptors (Lipinski definition) is 3. The van der Waals surface area contributed by atoms with E-state index in [4.69, 9.17) is 0 Å². The molecule has 0 bridgehead atoms. The average Bonchev–Trinajstić information content (AvgIpc) is 2.88. The Balaban J connectivity index is 2.33. The van der Waals surface area contributed by atoms with Crippen LogP contribution in [0.3, 0.4) is 0 Å². The lowest BCUT2D eigenvalue weighted by molar-refractivity contribution is 0.0640. The quantitative estimate of drug-likeness (QED) is 0.756. The van der Waals surface area contributed by atoms with Crippen molar-refractivity contribution < 1.29 is 10.2 Å². The summed E-state index contributed by atoms with van der Waals surface area (Å²) >= 11 is 0. The molecule has 0 spiro atoms. The van der Waals surface area contributed by atoms with E-state index in [0.717, 1.165) is 16.6 Å². The van der Waals surface area contributed by atoms with Gasteiger partial charge in [-0.15, -0.1) is 0 Å². The molecule has 0 radical (unpaired) electrons. The highest BCUT2D eigenvalue weighted by atomic mass is 16.3. The van der Waals surface area contributed by atoms with Crippen molar-refractivity contribution in [1.29, 1.82) is 0 Å². The molecule has 2 atom stereocenters. The molecular formula is C19H22N2O3. The van der Waals surface area contributed by atoms with Crippen molar-refractivity contribution >= 4 is 11.0 Å². The zero-order valence-corrected chi connectivity index (χ0v) is 13.8. The first kappa shape index (κ1) is 16.5. The lowest BCUT2D eigenvalue weighted by atomic mass is 10.0. The zero-order valence-electron chi connectivity index (χ0n) is 13.8. The van der Waals surface area contributed by atoms with Crippen LogP contribution in [0.15, 0.2) is 59.4 Å². The average molecular weight is 326 g/mol. The zero-order chi connectivity index (χ0) is 17.3. The number of aliphatic hydroxyl groups excluding tert-OH is 2. The maximum absolute atomic E-state index is 13.1. The van der Waals surface area contributed by atoms with E-state index in [1.165, 1.54) is 0 Å². The Hall–Kier alpha value is -2.37. The molecule has 1 heterocycles. The van der Waals surface area contributed by atoms with Crippen molar-refractivity contribution in [2.75, 3.05) is 6.61 Å². The summed E-state index contributed by atoms with van der Waals surface area (Å²) in [4.78, 5) is 13.1. The fraction of sp³-hybridized carbons (Fsp3) is 0.316. The molecular weight excluding hydrogens is 304 g/mol. The van der Waals surface area contributed by atoms with E-state index in [1.54, 1.807) is 9.13 Å². The second-order valence-electron chi connectivity index (χ2n) is 6.21. The summed E-state index contributed by atoms with van der Waals surface area (Å²) < 4.78 is 3.31. The van der Waals surface area contributed by atoms with Crippen molar-refractivity contribution in [3.63, 3.8) is 0 Å². The predicted octanol–water partition coefficient (Wildman–Crippen LogP) is 2.33. The highest BCUT2D eigenvalue weighted by Crippen LogP contribution is 2.27. The molecule has 3 rings (SSSR count). The smallest absolute Gasteiger partial charge is 0.330 e. The highest BCUT2D eigenvalue weighted by Gasteiger charge is 2.28. The standard InChI is InChI=1S/C19H22N2O3/c1-13(2)20-15-10-6-7-11-16(15)21(19(20)24)18(17(23)12-22)14-8-4-3-5-9-14/h3-11,13,17-18,22-23H,12H2,1-2H3/t17-,18+/m1/s1. The van der Waals surface area contributed by atoms with E-state index >= 15 is 0 Å². The number of para-hydroxylation sites is 2. The number of aromatic nitrogens is 2. The predicted molar refractivity (Wildman–Crippen MR) is 94.3 cm³/mol. The summed E-state index contributed by atoms with van der Waals surface area (Å²) in [6.45, 7) is 3.49. The van der Waals surface area contributed by atoms with Crippen LogP contribution in [-0.4, -0.2) is 32.1 Å². The summed E-state index contributed by atoms with van der Waals surface area (Å²) in [5.41, 5.74) is 2.17. The summed E-state index contributed by atoms with van der Waals surface area (Å²) in [6.07, 6.45) is -1.07. The summed E-state index contributed by atoms with van der Waals surface area (Å²) in [6, 6.07) is 16.2. The monoisotopic (exact) mass is 326 g/mol. The number of nitrogens with zero attached hydrogens (tertiary/aromatic N) is 2. The highest BCUT2D eigenvalue weighted by molar-refractivity contribution is 5.76. The van der Waals surface area contributed by atoms with Crippen molar-refractivity contribution in [1.82, 2.24) is 9.13 Å². The first-order valence-electron chi connectivity index (χ1n) is 8.11. The molecule has 0 aliphatic heterocycles. The van der Waals surface area contributed by atoms with E-state index < -0.39 is 18.8 Å². The van der Waals surface area contributed by atoms with Crippen LogP contribution in [0.1, 0.15) is 31.5 Å². The van der Waals surface area contributed by atoms with Gasteiger partial charge < -0.3 is 10.2 Å². The van der Waals surface area contributed by atoms with Gasteiger partial charge in [-0.05, 0) is 31.5 Å². The van der Waals surface area contributed by atoms with Crippen molar-refractivity contribution in [3.8, 4) is 0 Å². The molecule has 5 heteroatoms. The van der Waals surface area contributed by atoms with Crippen LogP contribution in [0.5, 0.6) is 0 Å². The largest absolute Gasteiger partial charge is 0.394 e. The van der Waals surface area contributed by atoms with Crippen molar-refractivity contribution in [2.45, 2.75) is 32.0 Å². The third-order valence-corrected chi connectivity index (χ3v) is 4.30. The van der Waals surface area contributed by atoms with E-state index in [9.17, 15) is 15.0 Å². The Labute approximate surface area is 140 Å². The number of benzene rings is 2. The summed E-state index contributed by atoms with van der Waals surface area (Å²) in [7, 11) is 0. The van der Waals surface area contributed by atoms with Crippen LogP contribution in [0.25, 0.3) is 11.0 Å². The van der Waals surface area contributed by atoms with Crippen molar-refractivity contribution in [3.05, 3.63) is 70.6 Å². The Bertz CT molecular complexity index is 881. The van der Waals surface area contributed by atoms with E-state index in [2.05, 4.69) is 0 Å². The number of aliphatic hydroxyl groups is 2. The van der Waals surface area contributed by atoms with Crippen LogP contribution in [0.2, 0.25) is 0 Å². The molecule has 3 aromatic rings. The van der Waals surface area contributed by atoms with Crippen LogP contribution >= 0.6 is 0 Å². The van der Waals surface area contributed by atoms with Crippen molar-refractivity contribution in [2.24, 2.45) is 0 Å². The number of hydrogen-bond donors (Lipinski definition) is 2. The van der Waals surface area contributed by atoms with Gasteiger partial charge in [-0.25, -0.2) is 4.79 Å². The fourth-order valence-corrected chi connectivity index (χ4v) is 3.25. The van der Waals surface area contributed by atoms with Gasteiger partial charge in [-0.3, -0.25) is 9.13 Å². The molecule has 0 saturated heterocycles. The Kier molecular flexibility index (Phi) is 4.55. The number of fused-ring (bicyclic) bond motifs is 1. The molecule has 0 saturated carbocycles. The van der Waals surface area contributed by atoms with E-state index in [1.807, 2.05) is 68.4 Å². The molecule has 0 aliphatic rings. The van der Waals surface area contributed by atoms with Gasteiger partial charge >= 0.3 is 5.69 Å². The molecule has 24 heavy (non-hydrogen) atoms. The minimum absolute atomic E-state index is 0.00802. The normalized spacial score (nSPS) is 14.2. The van der Waals surface area contributed by atoms with Crippen LogP contribution in [0.4, 0.5) is 0 Å². The molecule has 0 fully saturated rings. The van der Waals surface area contributed by atoms with Gasteiger partial charge in [-0.1, -0.05) is 42.5 Å². The maximum atomic E-state index is 13.1. The van der Waals surface area contributed by atoms with Gasteiger partial charge in [0.1, 0.15) is 6.10 Å². The third-order valence-electron chi connectivity index (χ3n) is 4.30. The molecule has 126 valence electrons. The molecule has 0 unspecified atom stereocenters. The molecule has 2 N–H and O–H groups in total. The van der Waals surface area contributed by atoms with E-state index in [0.29, 0.717) is 0 Å². The van der Waals surface area contributed by atoms with Crippen LogP contribution in [-0.2, 0) is 0 Å². The molecule has 2 aromatic carbocycles. The van der Waals surface area contributed by atoms with Gasteiger partial charge in [-0.2, -0.15) is 0 Å². The first-order chi connectivity index (χ1) is 11.6. The lowest BCUT2D eigenvalue weighted by Crippen LogP contribution is -2.36. The fourth-order valence-electron chi connectivity index (χ4n) is 3.25. The van der Waals surface area contributed by atoms with Gasteiger partial charge in [0.15, 0.2) is 0 Å². The lowest BCUT2D eigenvalue weighted by Gasteiger charge is -2.23. The van der Waals surface area contributed by atoms with Crippen LogP contribution < -0.4 is 5.69 Å². The van der Waals surface area contributed by atoms with Gasteiger partial charge in [0, 0.05) is 6.04 Å². The minimum atomic E-state index is -1.07.